The van der Waals surface area contributed by atoms with E-state index in [1.165, 1.54) is 6.07 Å². The molecular weight excluding hydrogens is 276 g/mol. The van der Waals surface area contributed by atoms with E-state index in [-0.39, 0.29) is 17.4 Å². The van der Waals surface area contributed by atoms with Gasteiger partial charge in [-0.2, -0.15) is 0 Å². The predicted molar refractivity (Wildman–Crippen MR) is 86.4 cm³/mol. The second-order valence-electron chi connectivity index (χ2n) is 5.57. The summed E-state index contributed by atoms with van der Waals surface area (Å²) in [5.74, 6) is 0.314. The van der Waals surface area contributed by atoms with E-state index in [1.807, 2.05) is 54.8 Å². The van der Waals surface area contributed by atoms with Gasteiger partial charge in [-0.05, 0) is 29.7 Å². The topological polar surface area (TPSA) is 58.3 Å². The Morgan fingerprint density at radius 1 is 1.00 bits per heavy atom. The number of aromatic nitrogens is 2. The van der Waals surface area contributed by atoms with Crippen LogP contribution in [0.2, 0.25) is 0 Å². The summed E-state index contributed by atoms with van der Waals surface area (Å²) in [6.07, 6.45) is 3.43. The molecule has 112 valence electrons. The van der Waals surface area contributed by atoms with Crippen LogP contribution in [0.4, 0.5) is 0 Å². The number of hydrogen-bond donors (Lipinski definition) is 2. The van der Waals surface area contributed by atoms with Gasteiger partial charge in [0, 0.05) is 17.3 Å². The largest absolute Gasteiger partial charge is 0.508 e. The molecule has 1 heterocycles. The van der Waals surface area contributed by atoms with Crippen LogP contribution in [-0.2, 0) is 0 Å². The Hall–Kier alpha value is -2.75. The van der Waals surface area contributed by atoms with Gasteiger partial charge >= 0.3 is 0 Å². The average Bonchev–Trinajstić information content (AvgIpc) is 2.97. The molecule has 22 heavy (non-hydrogen) atoms. The van der Waals surface area contributed by atoms with Crippen molar-refractivity contribution < 1.29 is 10.2 Å². The fraction of sp³-hybridized carbons (Fsp3) is 0.167. The molecule has 0 bridgehead atoms. The van der Waals surface area contributed by atoms with Crippen LogP contribution in [0, 0.1) is 0 Å². The first-order valence-corrected chi connectivity index (χ1v) is 7.22. The normalized spacial score (nSPS) is 11.0. The Kier molecular flexibility index (Phi) is 3.59. The monoisotopic (exact) mass is 294 g/mol. The molecule has 3 rings (SSSR count). The number of rotatable bonds is 3. The first-order chi connectivity index (χ1) is 10.6. The van der Waals surface area contributed by atoms with E-state index in [4.69, 9.17) is 0 Å². The lowest BCUT2D eigenvalue weighted by atomic mass is 9.97. The Balaban J connectivity index is 2.18. The highest BCUT2D eigenvalue weighted by molar-refractivity contribution is 5.71. The first-order valence-electron chi connectivity index (χ1n) is 7.22. The van der Waals surface area contributed by atoms with Crippen molar-refractivity contribution in [3.8, 4) is 28.4 Å². The number of aromatic hydroxyl groups is 2. The summed E-state index contributed by atoms with van der Waals surface area (Å²) in [5.41, 5.74) is 3.20. The summed E-state index contributed by atoms with van der Waals surface area (Å²) in [6.45, 7) is 4.01. The van der Waals surface area contributed by atoms with Crippen LogP contribution >= 0.6 is 0 Å². The number of benzene rings is 2. The van der Waals surface area contributed by atoms with Crippen molar-refractivity contribution in [2.45, 2.75) is 19.8 Å². The molecule has 0 amide bonds. The Morgan fingerprint density at radius 3 is 2.41 bits per heavy atom. The van der Waals surface area contributed by atoms with E-state index in [9.17, 15) is 10.2 Å². The lowest BCUT2D eigenvalue weighted by Crippen LogP contribution is -1.96. The van der Waals surface area contributed by atoms with E-state index < -0.39 is 0 Å². The maximum atomic E-state index is 10.2. The van der Waals surface area contributed by atoms with Crippen LogP contribution in [0.3, 0.4) is 0 Å². The maximum absolute atomic E-state index is 10.2. The van der Waals surface area contributed by atoms with Gasteiger partial charge in [-0.3, -0.25) is 4.57 Å². The molecule has 0 unspecified atom stereocenters. The van der Waals surface area contributed by atoms with E-state index in [2.05, 4.69) is 4.98 Å². The number of para-hydroxylation sites is 1. The fourth-order valence-corrected chi connectivity index (χ4v) is 2.55. The minimum absolute atomic E-state index is 0.0413. The van der Waals surface area contributed by atoms with E-state index in [1.54, 1.807) is 12.5 Å². The third kappa shape index (κ3) is 2.44. The van der Waals surface area contributed by atoms with Crippen molar-refractivity contribution in [3.63, 3.8) is 0 Å². The van der Waals surface area contributed by atoms with Gasteiger partial charge in [0.05, 0.1) is 18.2 Å². The van der Waals surface area contributed by atoms with Crippen molar-refractivity contribution in [2.24, 2.45) is 0 Å². The minimum atomic E-state index is 0.0413. The molecule has 3 aromatic rings. The summed E-state index contributed by atoms with van der Waals surface area (Å²) >= 11 is 0. The van der Waals surface area contributed by atoms with Crippen LogP contribution in [0.15, 0.2) is 55.0 Å². The van der Waals surface area contributed by atoms with Gasteiger partial charge in [0.15, 0.2) is 0 Å². The lowest BCUT2D eigenvalue weighted by molar-refractivity contribution is 0.445. The summed E-state index contributed by atoms with van der Waals surface area (Å²) in [7, 11) is 0. The van der Waals surface area contributed by atoms with E-state index in [0.29, 0.717) is 5.56 Å². The van der Waals surface area contributed by atoms with Crippen molar-refractivity contribution in [1.82, 2.24) is 9.55 Å². The van der Waals surface area contributed by atoms with Crippen LogP contribution in [0.25, 0.3) is 16.9 Å². The summed E-state index contributed by atoms with van der Waals surface area (Å²) in [4.78, 5) is 4.20. The molecular formula is C18H18N2O2. The van der Waals surface area contributed by atoms with Gasteiger partial charge in [0.1, 0.15) is 11.5 Å². The zero-order valence-corrected chi connectivity index (χ0v) is 12.6. The minimum Gasteiger partial charge on any atom is -0.508 e. The summed E-state index contributed by atoms with van der Waals surface area (Å²) in [5, 5.41) is 20.2. The molecule has 0 aliphatic heterocycles. The molecule has 0 atom stereocenters. The standard InChI is InChI=1S/C18H18N2O2/c1-12(2)14-8-15(18(22)9-17(14)21)16-10-19-11-20(16)13-6-4-3-5-7-13/h3-12,21-22H,1-2H3. The molecule has 0 radical (unpaired) electrons. The molecule has 2 N–H and O–H groups in total. The Bertz CT molecular complexity index is 792. The fourth-order valence-electron chi connectivity index (χ4n) is 2.55. The van der Waals surface area contributed by atoms with Crippen LogP contribution < -0.4 is 0 Å². The smallest absolute Gasteiger partial charge is 0.128 e. The number of hydrogen-bond acceptors (Lipinski definition) is 3. The van der Waals surface area contributed by atoms with Gasteiger partial charge in [-0.15, -0.1) is 0 Å². The molecule has 4 nitrogen and oxygen atoms in total. The molecule has 0 aliphatic carbocycles. The number of imidazole rings is 1. The molecule has 0 fully saturated rings. The second kappa shape index (κ2) is 5.56. The lowest BCUT2D eigenvalue weighted by Gasteiger charge is -2.14. The molecule has 0 aliphatic rings. The van der Waals surface area contributed by atoms with Gasteiger partial charge < -0.3 is 10.2 Å². The molecule has 0 saturated carbocycles. The van der Waals surface area contributed by atoms with Gasteiger partial charge in [-0.25, -0.2) is 4.98 Å². The molecule has 0 saturated heterocycles. The number of phenols is 2. The number of phenolic OH excluding ortho intramolecular Hbond substituents is 2. The maximum Gasteiger partial charge on any atom is 0.128 e. The number of nitrogens with zero attached hydrogens (tertiary/aromatic N) is 2. The summed E-state index contributed by atoms with van der Waals surface area (Å²) < 4.78 is 1.91. The molecule has 1 aromatic heterocycles. The molecule has 2 aromatic carbocycles. The third-order valence-electron chi connectivity index (χ3n) is 3.72. The van der Waals surface area contributed by atoms with Gasteiger partial charge in [0.2, 0.25) is 0 Å². The van der Waals surface area contributed by atoms with Crippen LogP contribution in [-0.4, -0.2) is 19.8 Å². The van der Waals surface area contributed by atoms with Gasteiger partial charge in [0.25, 0.3) is 0 Å². The average molecular weight is 294 g/mol. The highest BCUT2D eigenvalue weighted by atomic mass is 16.3. The Labute approximate surface area is 129 Å². The van der Waals surface area contributed by atoms with Crippen LogP contribution in [0.1, 0.15) is 25.3 Å². The van der Waals surface area contributed by atoms with Crippen molar-refractivity contribution in [1.29, 1.82) is 0 Å². The Morgan fingerprint density at radius 2 is 1.73 bits per heavy atom. The van der Waals surface area contributed by atoms with E-state index in [0.717, 1.165) is 16.9 Å². The summed E-state index contributed by atoms with van der Waals surface area (Å²) in [6, 6.07) is 13.0. The highest BCUT2D eigenvalue weighted by Gasteiger charge is 2.16. The zero-order chi connectivity index (χ0) is 15.7. The highest BCUT2D eigenvalue weighted by Crippen LogP contribution is 2.38. The van der Waals surface area contributed by atoms with Crippen molar-refractivity contribution in [3.05, 3.63) is 60.6 Å². The predicted octanol–water partition coefficient (Wildman–Crippen LogP) is 4.07. The third-order valence-corrected chi connectivity index (χ3v) is 3.72. The SMILES string of the molecule is CC(C)c1cc(-c2cncn2-c2ccccc2)c(O)cc1O. The quantitative estimate of drug-likeness (QED) is 0.765. The van der Waals surface area contributed by atoms with Crippen LogP contribution in [0.5, 0.6) is 11.5 Å². The molecule has 0 spiro atoms. The van der Waals surface area contributed by atoms with Crippen molar-refractivity contribution >= 4 is 0 Å². The van der Waals surface area contributed by atoms with Crippen molar-refractivity contribution in [2.75, 3.05) is 0 Å². The second-order valence-corrected chi connectivity index (χ2v) is 5.57. The first kappa shape index (κ1) is 14.2. The van der Waals surface area contributed by atoms with E-state index >= 15 is 0 Å². The van der Waals surface area contributed by atoms with Gasteiger partial charge in [-0.1, -0.05) is 32.0 Å². The zero-order valence-electron chi connectivity index (χ0n) is 12.6. The molecule has 4 heteroatoms.